The van der Waals surface area contributed by atoms with Gasteiger partial charge in [-0.1, -0.05) is 13.8 Å². The molecular formula is C10H16N4O3. The van der Waals surface area contributed by atoms with E-state index in [1.807, 2.05) is 20.8 Å². The normalized spacial score (nSPS) is 10.4. The number of ether oxygens (including phenoxy) is 1. The minimum atomic E-state index is -0.541. The van der Waals surface area contributed by atoms with E-state index in [1.165, 1.54) is 7.11 Å². The molecule has 1 heterocycles. The Labute approximate surface area is 99.4 Å². The predicted octanol–water partition coefficient (Wildman–Crippen LogP) is 1.95. The Morgan fingerprint density at radius 3 is 2.53 bits per heavy atom. The van der Waals surface area contributed by atoms with Gasteiger partial charge in [0, 0.05) is 12.5 Å². The molecular weight excluding hydrogens is 224 g/mol. The molecule has 1 aromatic heterocycles. The van der Waals surface area contributed by atoms with Crippen LogP contribution in [0.2, 0.25) is 0 Å². The molecule has 1 rings (SSSR count). The van der Waals surface area contributed by atoms with Gasteiger partial charge < -0.3 is 10.1 Å². The Kier molecular flexibility index (Phi) is 4.19. The van der Waals surface area contributed by atoms with Gasteiger partial charge in [0.05, 0.1) is 12.0 Å². The zero-order chi connectivity index (χ0) is 13.0. The fraction of sp³-hybridized carbons (Fsp3) is 0.600. The van der Waals surface area contributed by atoms with Crippen LogP contribution in [-0.4, -0.2) is 28.5 Å². The summed E-state index contributed by atoms with van der Waals surface area (Å²) in [5.74, 6) is 0.781. The van der Waals surface area contributed by atoms with E-state index >= 15 is 0 Å². The van der Waals surface area contributed by atoms with E-state index in [4.69, 9.17) is 4.74 Å². The van der Waals surface area contributed by atoms with Crippen molar-refractivity contribution in [3.05, 3.63) is 15.9 Å². The highest BCUT2D eigenvalue weighted by Crippen LogP contribution is 2.32. The van der Waals surface area contributed by atoms with E-state index in [0.717, 1.165) is 0 Å². The molecule has 0 amide bonds. The van der Waals surface area contributed by atoms with Gasteiger partial charge in [-0.15, -0.1) is 0 Å². The van der Waals surface area contributed by atoms with Gasteiger partial charge in [0.25, 0.3) is 5.88 Å². The quantitative estimate of drug-likeness (QED) is 0.624. The van der Waals surface area contributed by atoms with Crippen LogP contribution in [0.1, 0.15) is 32.5 Å². The number of anilines is 1. The highest BCUT2D eigenvalue weighted by Gasteiger charge is 2.26. The lowest BCUT2D eigenvalue weighted by atomic mass is 10.2. The van der Waals surface area contributed by atoms with Crippen molar-refractivity contribution in [3.8, 4) is 5.88 Å². The smallest absolute Gasteiger partial charge is 0.372 e. The van der Waals surface area contributed by atoms with Crippen molar-refractivity contribution in [3.63, 3.8) is 0 Å². The van der Waals surface area contributed by atoms with Gasteiger partial charge in [0.2, 0.25) is 5.82 Å². The molecule has 0 unspecified atom stereocenters. The molecule has 0 aromatic carbocycles. The van der Waals surface area contributed by atoms with Gasteiger partial charge in [-0.2, -0.15) is 4.98 Å². The second-order valence-corrected chi connectivity index (χ2v) is 3.73. The number of hydrogen-bond acceptors (Lipinski definition) is 6. The third-order valence-electron chi connectivity index (χ3n) is 2.11. The summed E-state index contributed by atoms with van der Waals surface area (Å²) in [5.41, 5.74) is -0.223. The van der Waals surface area contributed by atoms with Crippen LogP contribution in [0.15, 0.2) is 0 Å². The molecule has 7 heteroatoms. The monoisotopic (exact) mass is 240 g/mol. The van der Waals surface area contributed by atoms with Crippen molar-refractivity contribution < 1.29 is 9.66 Å². The second-order valence-electron chi connectivity index (χ2n) is 3.73. The lowest BCUT2D eigenvalue weighted by molar-refractivity contribution is -0.385. The maximum atomic E-state index is 11.0. The third kappa shape index (κ3) is 2.80. The summed E-state index contributed by atoms with van der Waals surface area (Å²) in [7, 11) is 1.36. The fourth-order valence-corrected chi connectivity index (χ4v) is 1.31. The summed E-state index contributed by atoms with van der Waals surface area (Å²) in [6.45, 7) is 6.21. The van der Waals surface area contributed by atoms with Crippen LogP contribution in [0.3, 0.4) is 0 Å². The topological polar surface area (TPSA) is 90.2 Å². The lowest BCUT2D eigenvalue weighted by Crippen LogP contribution is -2.10. The minimum Gasteiger partial charge on any atom is -0.476 e. The number of nitrogens with one attached hydrogen (secondary N) is 1. The number of rotatable bonds is 5. The SMILES string of the molecule is CCNc1nc(C(C)C)nc(OC)c1[N+](=O)[O-]. The van der Waals surface area contributed by atoms with E-state index < -0.39 is 4.92 Å². The molecule has 7 nitrogen and oxygen atoms in total. The molecule has 0 aliphatic rings. The van der Waals surface area contributed by atoms with Crippen molar-refractivity contribution in [1.29, 1.82) is 0 Å². The molecule has 0 bridgehead atoms. The van der Waals surface area contributed by atoms with Crippen molar-refractivity contribution in [1.82, 2.24) is 9.97 Å². The highest BCUT2D eigenvalue weighted by atomic mass is 16.6. The number of nitro groups is 1. The summed E-state index contributed by atoms with van der Waals surface area (Å²) in [6.07, 6.45) is 0. The first-order valence-corrected chi connectivity index (χ1v) is 5.35. The first-order valence-electron chi connectivity index (χ1n) is 5.35. The van der Waals surface area contributed by atoms with Crippen LogP contribution in [0.25, 0.3) is 0 Å². The largest absolute Gasteiger partial charge is 0.476 e. The summed E-state index contributed by atoms with van der Waals surface area (Å²) in [4.78, 5) is 18.6. The van der Waals surface area contributed by atoms with Gasteiger partial charge >= 0.3 is 5.69 Å². The molecule has 17 heavy (non-hydrogen) atoms. The molecule has 1 aromatic rings. The summed E-state index contributed by atoms with van der Waals surface area (Å²) < 4.78 is 4.95. The number of aromatic nitrogens is 2. The van der Waals surface area contributed by atoms with E-state index in [0.29, 0.717) is 12.4 Å². The van der Waals surface area contributed by atoms with Crippen LogP contribution < -0.4 is 10.1 Å². The first-order chi connectivity index (χ1) is 8.01. The standard InChI is InChI=1S/C10H16N4O3/c1-5-11-9-7(14(15)16)10(17-4)13-8(12-9)6(2)3/h6H,5H2,1-4H3,(H,11,12,13). The first kappa shape index (κ1) is 13.1. The molecule has 0 atom stereocenters. The minimum absolute atomic E-state index is 0.00958. The van der Waals surface area contributed by atoms with Gasteiger partial charge in [-0.05, 0) is 6.92 Å². The van der Waals surface area contributed by atoms with Crippen LogP contribution in [0, 0.1) is 10.1 Å². The van der Waals surface area contributed by atoms with Crippen LogP contribution >= 0.6 is 0 Å². The molecule has 0 spiro atoms. The van der Waals surface area contributed by atoms with Crippen LogP contribution in [-0.2, 0) is 0 Å². The average Bonchev–Trinajstić information content (AvgIpc) is 2.27. The Morgan fingerprint density at radius 2 is 2.12 bits per heavy atom. The molecule has 94 valence electrons. The number of hydrogen-bond donors (Lipinski definition) is 1. The molecule has 0 aliphatic heterocycles. The molecule has 1 N–H and O–H groups in total. The summed E-state index contributed by atoms with van der Waals surface area (Å²) in [6, 6.07) is 0. The van der Waals surface area contributed by atoms with E-state index in [9.17, 15) is 10.1 Å². The fourth-order valence-electron chi connectivity index (χ4n) is 1.31. The van der Waals surface area contributed by atoms with Crippen molar-refractivity contribution in [2.45, 2.75) is 26.7 Å². The number of methoxy groups -OCH3 is 1. The van der Waals surface area contributed by atoms with Crippen LogP contribution in [0.5, 0.6) is 5.88 Å². The Balaban J connectivity index is 3.40. The van der Waals surface area contributed by atoms with E-state index in [2.05, 4.69) is 15.3 Å². The van der Waals surface area contributed by atoms with Crippen molar-refractivity contribution in [2.24, 2.45) is 0 Å². The summed E-state index contributed by atoms with van der Waals surface area (Å²) >= 11 is 0. The van der Waals surface area contributed by atoms with Gasteiger partial charge in [-0.25, -0.2) is 4.98 Å². The maximum absolute atomic E-state index is 11.0. The van der Waals surface area contributed by atoms with Gasteiger partial charge in [0.1, 0.15) is 5.82 Å². The molecule has 0 saturated carbocycles. The maximum Gasteiger partial charge on any atom is 0.372 e. The van der Waals surface area contributed by atoms with Crippen LogP contribution in [0.4, 0.5) is 11.5 Å². The Bertz CT molecular complexity index is 420. The highest BCUT2D eigenvalue weighted by molar-refractivity contribution is 5.61. The molecule has 0 aliphatic carbocycles. The van der Waals surface area contributed by atoms with E-state index in [1.54, 1.807) is 0 Å². The number of nitrogens with zero attached hydrogens (tertiary/aromatic N) is 3. The van der Waals surface area contributed by atoms with E-state index in [-0.39, 0.29) is 23.3 Å². The second kappa shape index (κ2) is 5.42. The predicted molar refractivity (Wildman–Crippen MR) is 63.5 cm³/mol. The molecule has 0 radical (unpaired) electrons. The van der Waals surface area contributed by atoms with Gasteiger partial charge in [0.15, 0.2) is 0 Å². The Morgan fingerprint density at radius 1 is 1.47 bits per heavy atom. The molecule has 0 fully saturated rings. The zero-order valence-corrected chi connectivity index (χ0v) is 10.4. The lowest BCUT2D eigenvalue weighted by Gasteiger charge is -2.10. The average molecular weight is 240 g/mol. The third-order valence-corrected chi connectivity index (χ3v) is 2.11. The van der Waals surface area contributed by atoms with Gasteiger partial charge in [-0.3, -0.25) is 10.1 Å². The molecule has 0 saturated heterocycles. The van der Waals surface area contributed by atoms with Crippen molar-refractivity contribution in [2.75, 3.05) is 19.0 Å². The zero-order valence-electron chi connectivity index (χ0n) is 10.4. The summed E-state index contributed by atoms with van der Waals surface area (Å²) in [5, 5.41) is 13.8. The Hall–Kier alpha value is -1.92. The van der Waals surface area contributed by atoms with Crippen molar-refractivity contribution >= 4 is 11.5 Å².